The molecule has 0 amide bonds. The number of nitrogens with two attached hydrogens (primary N) is 1. The van der Waals surface area contributed by atoms with Gasteiger partial charge in [-0.15, -0.1) is 0 Å². The molecule has 112 valence electrons. The molecule has 1 aliphatic rings. The Morgan fingerprint density at radius 3 is 2.45 bits per heavy atom. The fourth-order valence-electron chi connectivity index (χ4n) is 2.32. The first-order valence-electron chi connectivity index (χ1n) is 7.07. The van der Waals surface area contributed by atoms with E-state index in [1.54, 1.807) is 24.3 Å². The number of sulfonamides is 1. The Balaban J connectivity index is 1.97. The van der Waals surface area contributed by atoms with Gasteiger partial charge in [0.1, 0.15) is 5.75 Å². The van der Waals surface area contributed by atoms with E-state index in [-0.39, 0.29) is 10.9 Å². The van der Waals surface area contributed by atoms with Crippen molar-refractivity contribution in [3.05, 3.63) is 24.3 Å². The van der Waals surface area contributed by atoms with E-state index in [2.05, 4.69) is 4.72 Å². The molecule has 3 N–H and O–H groups in total. The van der Waals surface area contributed by atoms with E-state index < -0.39 is 10.0 Å². The average Bonchev–Trinajstić information content (AvgIpc) is 2.92. The normalized spacial score (nSPS) is 16.4. The second kappa shape index (κ2) is 7.06. The lowest BCUT2D eigenvalue weighted by molar-refractivity contribution is 0.313. The van der Waals surface area contributed by atoms with Crippen LogP contribution in [-0.4, -0.2) is 27.6 Å². The number of hydrogen-bond donors (Lipinski definition) is 2. The van der Waals surface area contributed by atoms with E-state index in [9.17, 15) is 8.42 Å². The van der Waals surface area contributed by atoms with Gasteiger partial charge in [-0.3, -0.25) is 0 Å². The molecule has 6 heteroatoms. The predicted octanol–water partition coefficient (Wildman–Crippen LogP) is 1.64. The van der Waals surface area contributed by atoms with Gasteiger partial charge in [0.05, 0.1) is 11.5 Å². The van der Waals surface area contributed by atoms with Gasteiger partial charge in [-0.1, -0.05) is 12.8 Å². The van der Waals surface area contributed by atoms with Crippen LogP contribution < -0.4 is 15.2 Å². The molecule has 0 aromatic heterocycles. The molecule has 1 fully saturated rings. The predicted molar refractivity (Wildman–Crippen MR) is 78.2 cm³/mol. The lowest BCUT2D eigenvalue weighted by Crippen LogP contribution is -2.32. The van der Waals surface area contributed by atoms with Crippen molar-refractivity contribution >= 4 is 10.0 Å². The minimum atomic E-state index is -3.41. The summed E-state index contributed by atoms with van der Waals surface area (Å²) in [6, 6.07) is 6.60. The number of benzene rings is 1. The second-order valence-corrected chi connectivity index (χ2v) is 6.78. The smallest absolute Gasteiger partial charge is 0.240 e. The highest BCUT2D eigenvalue weighted by atomic mass is 32.2. The van der Waals surface area contributed by atoms with Crippen molar-refractivity contribution in [1.29, 1.82) is 0 Å². The van der Waals surface area contributed by atoms with Crippen molar-refractivity contribution in [2.24, 2.45) is 5.73 Å². The van der Waals surface area contributed by atoms with Gasteiger partial charge in [0.15, 0.2) is 0 Å². The molecule has 0 bridgehead atoms. The first-order chi connectivity index (χ1) is 9.62. The van der Waals surface area contributed by atoms with Crippen molar-refractivity contribution in [2.75, 3.05) is 13.2 Å². The largest absolute Gasteiger partial charge is 0.494 e. The average molecular weight is 298 g/mol. The summed E-state index contributed by atoms with van der Waals surface area (Å²) < 4.78 is 32.6. The molecule has 1 aromatic rings. The summed E-state index contributed by atoms with van der Waals surface area (Å²) in [5.74, 6) is 0.665. The van der Waals surface area contributed by atoms with E-state index in [4.69, 9.17) is 10.5 Å². The molecular weight excluding hydrogens is 276 g/mol. The van der Waals surface area contributed by atoms with Crippen molar-refractivity contribution in [3.63, 3.8) is 0 Å². The van der Waals surface area contributed by atoms with Crippen molar-refractivity contribution in [3.8, 4) is 5.75 Å². The zero-order chi connectivity index (χ0) is 14.4. The third-order valence-corrected chi connectivity index (χ3v) is 4.96. The first-order valence-corrected chi connectivity index (χ1v) is 8.55. The van der Waals surface area contributed by atoms with Gasteiger partial charge in [0, 0.05) is 6.04 Å². The first kappa shape index (κ1) is 15.3. The third kappa shape index (κ3) is 4.19. The van der Waals surface area contributed by atoms with Crippen LogP contribution in [0.5, 0.6) is 5.75 Å². The highest BCUT2D eigenvalue weighted by molar-refractivity contribution is 7.89. The molecule has 20 heavy (non-hydrogen) atoms. The van der Waals surface area contributed by atoms with E-state index in [1.807, 2.05) is 0 Å². The van der Waals surface area contributed by atoms with Gasteiger partial charge < -0.3 is 10.5 Å². The van der Waals surface area contributed by atoms with E-state index >= 15 is 0 Å². The van der Waals surface area contributed by atoms with Crippen molar-refractivity contribution in [2.45, 2.75) is 43.0 Å². The van der Waals surface area contributed by atoms with E-state index in [0.29, 0.717) is 18.9 Å². The number of ether oxygens (including phenoxy) is 1. The van der Waals surface area contributed by atoms with E-state index in [1.165, 1.54) is 0 Å². The summed E-state index contributed by atoms with van der Waals surface area (Å²) in [5, 5.41) is 0. The summed E-state index contributed by atoms with van der Waals surface area (Å²) in [6.07, 6.45) is 4.84. The standard InChI is InChI=1S/C14H22N2O3S/c15-10-3-11-19-13-6-8-14(9-7-13)20(17,18)16-12-4-1-2-5-12/h6-9,12,16H,1-5,10-11,15H2. The minimum Gasteiger partial charge on any atom is -0.494 e. The number of rotatable bonds is 7. The maximum atomic E-state index is 12.2. The lowest BCUT2D eigenvalue weighted by atomic mass is 10.3. The summed E-state index contributed by atoms with van der Waals surface area (Å²) in [4.78, 5) is 0.288. The van der Waals surface area contributed by atoms with Crippen LogP contribution in [-0.2, 0) is 10.0 Å². The van der Waals surface area contributed by atoms with Crippen LogP contribution in [0.3, 0.4) is 0 Å². The Morgan fingerprint density at radius 1 is 1.20 bits per heavy atom. The van der Waals surface area contributed by atoms with Crippen LogP contribution in [0.2, 0.25) is 0 Å². The summed E-state index contributed by atoms with van der Waals surface area (Å²) in [5.41, 5.74) is 5.38. The maximum Gasteiger partial charge on any atom is 0.240 e. The highest BCUT2D eigenvalue weighted by Gasteiger charge is 2.22. The number of hydrogen-bond acceptors (Lipinski definition) is 4. The van der Waals surface area contributed by atoms with Crippen LogP contribution >= 0.6 is 0 Å². The molecule has 1 aromatic carbocycles. The molecule has 0 heterocycles. The van der Waals surface area contributed by atoms with Gasteiger partial charge >= 0.3 is 0 Å². The Bertz CT molecular complexity index is 508. The SMILES string of the molecule is NCCCOc1ccc(S(=O)(=O)NC2CCCC2)cc1. The van der Waals surface area contributed by atoms with Gasteiger partial charge in [-0.25, -0.2) is 13.1 Å². The van der Waals surface area contributed by atoms with Crippen LogP contribution in [0.1, 0.15) is 32.1 Å². The Morgan fingerprint density at radius 2 is 1.85 bits per heavy atom. The van der Waals surface area contributed by atoms with Crippen LogP contribution in [0.15, 0.2) is 29.2 Å². The van der Waals surface area contributed by atoms with Crippen molar-refractivity contribution < 1.29 is 13.2 Å². The minimum absolute atomic E-state index is 0.0838. The van der Waals surface area contributed by atoms with Gasteiger partial charge in [-0.2, -0.15) is 0 Å². The molecule has 0 spiro atoms. The molecule has 1 saturated carbocycles. The topological polar surface area (TPSA) is 81.4 Å². The Hall–Kier alpha value is -1.11. The molecule has 0 atom stereocenters. The van der Waals surface area contributed by atoms with Crippen LogP contribution in [0.25, 0.3) is 0 Å². The fraction of sp³-hybridized carbons (Fsp3) is 0.571. The zero-order valence-corrected chi connectivity index (χ0v) is 12.4. The Labute approximate surface area is 120 Å². The lowest BCUT2D eigenvalue weighted by Gasteiger charge is -2.13. The molecule has 0 aliphatic heterocycles. The van der Waals surface area contributed by atoms with Crippen molar-refractivity contribution in [1.82, 2.24) is 4.72 Å². The molecule has 1 aliphatic carbocycles. The number of nitrogens with one attached hydrogen (secondary N) is 1. The van der Waals surface area contributed by atoms with Crippen LogP contribution in [0.4, 0.5) is 0 Å². The molecule has 2 rings (SSSR count). The zero-order valence-electron chi connectivity index (χ0n) is 11.5. The van der Waals surface area contributed by atoms with E-state index in [0.717, 1.165) is 32.1 Å². The molecule has 0 radical (unpaired) electrons. The summed E-state index contributed by atoms with van der Waals surface area (Å²) >= 11 is 0. The molecular formula is C14H22N2O3S. The summed E-state index contributed by atoms with van der Waals surface area (Å²) in [6.45, 7) is 1.13. The van der Waals surface area contributed by atoms with Gasteiger partial charge in [-0.05, 0) is 50.1 Å². The monoisotopic (exact) mass is 298 g/mol. The van der Waals surface area contributed by atoms with Crippen LogP contribution in [0, 0.1) is 0 Å². The van der Waals surface area contributed by atoms with Gasteiger partial charge in [0.2, 0.25) is 10.0 Å². The second-order valence-electron chi connectivity index (χ2n) is 5.06. The summed E-state index contributed by atoms with van der Waals surface area (Å²) in [7, 11) is -3.41. The Kier molecular flexibility index (Phi) is 5.39. The maximum absolute atomic E-state index is 12.2. The molecule has 0 saturated heterocycles. The quantitative estimate of drug-likeness (QED) is 0.750. The van der Waals surface area contributed by atoms with Gasteiger partial charge in [0.25, 0.3) is 0 Å². The molecule has 5 nitrogen and oxygen atoms in total. The third-order valence-electron chi connectivity index (χ3n) is 3.43. The highest BCUT2D eigenvalue weighted by Crippen LogP contribution is 2.21. The molecule has 0 unspecified atom stereocenters. The fourth-order valence-corrected chi connectivity index (χ4v) is 3.62.